The Hall–Kier alpha value is -2.64. The molecule has 0 saturated heterocycles. The zero-order valence-corrected chi connectivity index (χ0v) is 17.2. The molecule has 0 saturated carbocycles. The molecule has 2 aromatic carbocycles. The van der Waals surface area contributed by atoms with Crippen molar-refractivity contribution in [1.82, 2.24) is 10.2 Å². The summed E-state index contributed by atoms with van der Waals surface area (Å²) in [5.74, 6) is 1.30. The molecule has 6 nitrogen and oxygen atoms in total. The predicted octanol–water partition coefficient (Wildman–Crippen LogP) is 5.93. The molecule has 0 bridgehead atoms. The summed E-state index contributed by atoms with van der Waals surface area (Å²) in [5, 5.41) is 15.0. The highest BCUT2D eigenvalue weighted by Gasteiger charge is 2.10. The van der Waals surface area contributed by atoms with E-state index in [-0.39, 0.29) is 6.61 Å². The van der Waals surface area contributed by atoms with Gasteiger partial charge in [-0.1, -0.05) is 55.0 Å². The molecular weight excluding hydrogens is 396 g/mol. The molecular formula is C20H21ClN4O2S. The first-order valence-corrected chi connectivity index (χ1v) is 10.1. The molecule has 2 amide bonds. The van der Waals surface area contributed by atoms with Crippen LogP contribution in [0.2, 0.25) is 5.02 Å². The van der Waals surface area contributed by atoms with Crippen molar-refractivity contribution in [3.8, 4) is 5.75 Å². The summed E-state index contributed by atoms with van der Waals surface area (Å²) >= 11 is 7.16. The lowest BCUT2D eigenvalue weighted by Gasteiger charge is -2.10. The van der Waals surface area contributed by atoms with Gasteiger partial charge in [0.05, 0.1) is 0 Å². The number of rotatable bonds is 7. The van der Waals surface area contributed by atoms with Gasteiger partial charge >= 0.3 is 6.03 Å². The van der Waals surface area contributed by atoms with Crippen molar-refractivity contribution in [1.29, 1.82) is 0 Å². The van der Waals surface area contributed by atoms with E-state index in [0.29, 0.717) is 26.8 Å². The maximum atomic E-state index is 12.0. The zero-order chi connectivity index (χ0) is 19.9. The minimum Gasteiger partial charge on any atom is -0.486 e. The number of urea groups is 1. The highest BCUT2D eigenvalue weighted by molar-refractivity contribution is 7.15. The summed E-state index contributed by atoms with van der Waals surface area (Å²) < 4.78 is 5.75. The summed E-state index contributed by atoms with van der Waals surface area (Å²) in [7, 11) is 0. The number of amides is 2. The number of nitrogens with one attached hydrogen (secondary N) is 2. The van der Waals surface area contributed by atoms with E-state index >= 15 is 0 Å². The monoisotopic (exact) mass is 416 g/mol. The summed E-state index contributed by atoms with van der Waals surface area (Å²) in [5.41, 5.74) is 1.89. The molecule has 1 heterocycles. The number of aromatic nitrogens is 2. The number of hydrogen-bond donors (Lipinski definition) is 2. The van der Waals surface area contributed by atoms with Gasteiger partial charge in [0.25, 0.3) is 0 Å². The van der Waals surface area contributed by atoms with Gasteiger partial charge in [0.1, 0.15) is 12.4 Å². The van der Waals surface area contributed by atoms with Crippen molar-refractivity contribution in [2.24, 2.45) is 0 Å². The molecule has 8 heteroatoms. The predicted molar refractivity (Wildman–Crippen MR) is 113 cm³/mol. The first-order valence-electron chi connectivity index (χ1n) is 8.92. The quantitative estimate of drug-likeness (QED) is 0.500. The second kappa shape index (κ2) is 9.52. The van der Waals surface area contributed by atoms with E-state index in [0.717, 1.165) is 12.2 Å². The Kier molecular flexibility index (Phi) is 6.84. The number of benzene rings is 2. The van der Waals surface area contributed by atoms with Gasteiger partial charge in [-0.15, -0.1) is 10.2 Å². The molecule has 3 aromatic rings. The highest BCUT2D eigenvalue weighted by atomic mass is 35.5. The minimum absolute atomic E-state index is 0.290. The molecule has 1 aromatic heterocycles. The second-order valence-electron chi connectivity index (χ2n) is 6.26. The number of ether oxygens (including phenoxy) is 1. The molecule has 0 radical (unpaired) electrons. The molecule has 1 atom stereocenters. The summed E-state index contributed by atoms with van der Waals surface area (Å²) in [6, 6.07) is 14.6. The largest absolute Gasteiger partial charge is 0.486 e. The van der Waals surface area contributed by atoms with Crippen molar-refractivity contribution in [2.45, 2.75) is 32.8 Å². The van der Waals surface area contributed by atoms with Crippen LogP contribution >= 0.6 is 22.9 Å². The Morgan fingerprint density at radius 3 is 2.68 bits per heavy atom. The fourth-order valence-corrected chi connectivity index (χ4v) is 3.30. The number of carbonyl (C=O) groups is 1. The van der Waals surface area contributed by atoms with Crippen molar-refractivity contribution in [3.05, 3.63) is 64.1 Å². The molecule has 0 aliphatic carbocycles. The van der Waals surface area contributed by atoms with Crippen LogP contribution in [0.3, 0.4) is 0 Å². The van der Waals surface area contributed by atoms with Crippen LogP contribution < -0.4 is 15.4 Å². The topological polar surface area (TPSA) is 76.1 Å². The molecule has 0 fully saturated rings. The molecule has 146 valence electrons. The Bertz CT molecular complexity index is 930. The third kappa shape index (κ3) is 5.68. The van der Waals surface area contributed by atoms with Crippen LogP contribution in [-0.2, 0) is 6.61 Å². The molecule has 0 unspecified atom stereocenters. The van der Waals surface area contributed by atoms with Crippen LogP contribution in [-0.4, -0.2) is 16.2 Å². The summed E-state index contributed by atoms with van der Waals surface area (Å²) in [4.78, 5) is 12.0. The molecule has 0 aliphatic rings. The lowest BCUT2D eigenvalue weighted by atomic mass is 9.99. The summed E-state index contributed by atoms with van der Waals surface area (Å²) in [6.07, 6.45) is 1.10. The van der Waals surface area contributed by atoms with E-state index in [4.69, 9.17) is 16.3 Å². The standard InChI is InChI=1S/C20H21ClN4O2S/c1-3-13(2)14-7-9-17(10-8-14)27-12-18-24-25-20(28-18)23-19(26)22-16-6-4-5-15(21)11-16/h4-11,13H,3,12H2,1-2H3,(H2,22,23,25,26)/t13-/m1/s1. The normalized spacial score (nSPS) is 11.7. The molecule has 3 rings (SSSR count). The van der Waals surface area contributed by atoms with Gasteiger partial charge < -0.3 is 10.1 Å². The SMILES string of the molecule is CC[C@@H](C)c1ccc(OCc2nnc(NC(=O)Nc3cccc(Cl)c3)s2)cc1. The van der Waals surface area contributed by atoms with E-state index in [1.807, 2.05) is 12.1 Å². The van der Waals surface area contributed by atoms with Crippen LogP contribution in [0.1, 0.15) is 36.8 Å². The number of hydrogen-bond acceptors (Lipinski definition) is 5. The van der Waals surface area contributed by atoms with Crippen LogP contribution in [0.25, 0.3) is 0 Å². The Morgan fingerprint density at radius 1 is 1.18 bits per heavy atom. The van der Waals surface area contributed by atoms with Gasteiger partial charge in [-0.2, -0.15) is 0 Å². The molecule has 0 aliphatic heterocycles. The van der Waals surface area contributed by atoms with E-state index in [2.05, 4.69) is 46.8 Å². The third-order valence-electron chi connectivity index (χ3n) is 4.19. The van der Waals surface area contributed by atoms with Crippen LogP contribution in [0.4, 0.5) is 15.6 Å². The Labute approximate surface area is 172 Å². The average Bonchev–Trinajstić information content (AvgIpc) is 3.13. The van der Waals surface area contributed by atoms with Gasteiger partial charge in [-0.3, -0.25) is 5.32 Å². The number of carbonyl (C=O) groups excluding carboxylic acids is 1. The van der Waals surface area contributed by atoms with E-state index in [1.54, 1.807) is 24.3 Å². The first kappa shape index (κ1) is 20.1. The van der Waals surface area contributed by atoms with Crippen molar-refractivity contribution in [3.63, 3.8) is 0 Å². The number of halogens is 1. The maximum Gasteiger partial charge on any atom is 0.325 e. The number of anilines is 2. The number of nitrogens with zero attached hydrogens (tertiary/aromatic N) is 2. The Balaban J connectivity index is 1.50. The lowest BCUT2D eigenvalue weighted by molar-refractivity contribution is 0.262. The zero-order valence-electron chi connectivity index (χ0n) is 15.6. The van der Waals surface area contributed by atoms with Crippen molar-refractivity contribution in [2.75, 3.05) is 10.6 Å². The van der Waals surface area contributed by atoms with Crippen LogP contribution in [0.5, 0.6) is 5.75 Å². The van der Waals surface area contributed by atoms with Gasteiger partial charge in [0.15, 0.2) is 5.01 Å². The lowest BCUT2D eigenvalue weighted by Crippen LogP contribution is -2.19. The van der Waals surface area contributed by atoms with E-state index < -0.39 is 6.03 Å². The van der Waals surface area contributed by atoms with Gasteiger partial charge in [0, 0.05) is 10.7 Å². The highest BCUT2D eigenvalue weighted by Crippen LogP contribution is 2.23. The van der Waals surface area contributed by atoms with E-state index in [9.17, 15) is 4.79 Å². The van der Waals surface area contributed by atoms with Gasteiger partial charge in [-0.25, -0.2) is 4.79 Å². The fraction of sp³-hybridized carbons (Fsp3) is 0.250. The van der Waals surface area contributed by atoms with Crippen molar-refractivity contribution < 1.29 is 9.53 Å². The molecule has 28 heavy (non-hydrogen) atoms. The third-order valence-corrected chi connectivity index (χ3v) is 5.24. The van der Waals surface area contributed by atoms with Crippen LogP contribution in [0.15, 0.2) is 48.5 Å². The maximum absolute atomic E-state index is 12.0. The van der Waals surface area contributed by atoms with Gasteiger partial charge in [0.2, 0.25) is 5.13 Å². The Morgan fingerprint density at radius 2 is 1.96 bits per heavy atom. The minimum atomic E-state index is -0.411. The second-order valence-corrected chi connectivity index (χ2v) is 7.76. The van der Waals surface area contributed by atoms with Crippen molar-refractivity contribution >= 4 is 39.8 Å². The average molecular weight is 417 g/mol. The smallest absolute Gasteiger partial charge is 0.325 e. The molecule has 2 N–H and O–H groups in total. The molecule has 0 spiro atoms. The summed E-state index contributed by atoms with van der Waals surface area (Å²) in [6.45, 7) is 4.66. The van der Waals surface area contributed by atoms with E-state index in [1.165, 1.54) is 16.9 Å². The van der Waals surface area contributed by atoms with Gasteiger partial charge in [-0.05, 0) is 48.2 Å². The van der Waals surface area contributed by atoms with Crippen LogP contribution in [0, 0.1) is 0 Å². The fourth-order valence-electron chi connectivity index (χ4n) is 2.46. The first-order chi connectivity index (χ1) is 13.5.